The van der Waals surface area contributed by atoms with Crippen LogP contribution < -0.4 is 10.6 Å². The highest BCUT2D eigenvalue weighted by molar-refractivity contribution is 14.0. The maximum atomic E-state index is 5.05. The fraction of sp³-hybridized carbons (Fsp3) is 0.529. The van der Waals surface area contributed by atoms with Gasteiger partial charge in [-0.3, -0.25) is 4.99 Å². The summed E-state index contributed by atoms with van der Waals surface area (Å²) < 4.78 is 7.28. The molecule has 1 heterocycles. The molecule has 0 saturated heterocycles. The van der Waals surface area contributed by atoms with E-state index in [0.29, 0.717) is 0 Å². The molecule has 0 unspecified atom stereocenters. The number of aliphatic imine (C=N–C) groups is 1. The highest BCUT2D eigenvalue weighted by Crippen LogP contribution is 2.14. The number of hydrogen-bond acceptors (Lipinski definition) is 3. The van der Waals surface area contributed by atoms with E-state index in [9.17, 15) is 0 Å². The molecule has 2 N–H and O–H groups in total. The predicted octanol–water partition coefficient (Wildman–Crippen LogP) is 2.55. The van der Waals surface area contributed by atoms with E-state index in [1.54, 1.807) is 7.11 Å². The van der Waals surface area contributed by atoms with E-state index < -0.39 is 0 Å². The molecule has 0 saturated carbocycles. The number of imidazole rings is 1. The first-order valence-electron chi connectivity index (χ1n) is 8.19. The fourth-order valence-electron chi connectivity index (χ4n) is 2.51. The number of rotatable bonds is 8. The van der Waals surface area contributed by atoms with Crippen LogP contribution >= 0.6 is 24.0 Å². The average Bonchev–Trinajstić information content (AvgIpc) is 2.87. The molecule has 0 atom stereocenters. The topological polar surface area (TPSA) is 63.5 Å². The Morgan fingerprint density at radius 1 is 1.29 bits per heavy atom. The molecule has 0 aliphatic carbocycles. The number of guanidine groups is 1. The smallest absolute Gasteiger partial charge is 0.191 e. The Hall–Kier alpha value is -1.35. The number of hydrogen-bond donors (Lipinski definition) is 2. The molecule has 0 aliphatic rings. The van der Waals surface area contributed by atoms with Gasteiger partial charge in [-0.05, 0) is 32.4 Å². The maximum Gasteiger partial charge on any atom is 0.191 e. The predicted molar refractivity (Wildman–Crippen MR) is 110 cm³/mol. The Labute approximate surface area is 161 Å². The van der Waals surface area contributed by atoms with Crippen LogP contribution in [0.15, 0.2) is 29.3 Å². The summed E-state index contributed by atoms with van der Waals surface area (Å²) in [4.78, 5) is 9.14. The number of aryl methyl sites for hydroxylation is 1. The molecular weight excluding hydrogens is 417 g/mol. The number of aromatic nitrogens is 2. The third-order valence-electron chi connectivity index (χ3n) is 3.59. The summed E-state index contributed by atoms with van der Waals surface area (Å²) in [6.07, 6.45) is 0.929. The second-order valence-corrected chi connectivity index (χ2v) is 5.33. The third kappa shape index (κ3) is 5.94. The maximum absolute atomic E-state index is 5.05. The second-order valence-electron chi connectivity index (χ2n) is 5.33. The Kier molecular flexibility index (Phi) is 9.70. The molecule has 0 bridgehead atoms. The van der Waals surface area contributed by atoms with Gasteiger partial charge in [-0.25, -0.2) is 4.98 Å². The van der Waals surface area contributed by atoms with Crippen molar-refractivity contribution in [3.05, 3.63) is 30.1 Å². The zero-order chi connectivity index (χ0) is 16.5. The summed E-state index contributed by atoms with van der Waals surface area (Å²) in [5.41, 5.74) is 2.22. The van der Waals surface area contributed by atoms with Crippen LogP contribution in [0.2, 0.25) is 0 Å². The van der Waals surface area contributed by atoms with Gasteiger partial charge in [0, 0.05) is 39.9 Å². The second kappa shape index (κ2) is 11.2. The lowest BCUT2D eigenvalue weighted by Crippen LogP contribution is -2.39. The van der Waals surface area contributed by atoms with Crippen LogP contribution in [0.25, 0.3) is 11.0 Å². The van der Waals surface area contributed by atoms with Crippen molar-refractivity contribution in [1.82, 2.24) is 20.2 Å². The normalized spacial score (nSPS) is 11.4. The van der Waals surface area contributed by atoms with Crippen LogP contribution in [0.1, 0.15) is 19.2 Å². The van der Waals surface area contributed by atoms with Gasteiger partial charge < -0.3 is 19.9 Å². The van der Waals surface area contributed by atoms with Gasteiger partial charge in [0.15, 0.2) is 5.96 Å². The van der Waals surface area contributed by atoms with Crippen molar-refractivity contribution in [2.24, 2.45) is 4.99 Å². The van der Waals surface area contributed by atoms with E-state index in [0.717, 1.165) is 56.5 Å². The van der Waals surface area contributed by atoms with Crippen molar-refractivity contribution >= 4 is 41.0 Å². The average molecular weight is 445 g/mol. The van der Waals surface area contributed by atoms with Crippen LogP contribution in [0.5, 0.6) is 0 Å². The number of para-hydroxylation sites is 2. The summed E-state index contributed by atoms with van der Waals surface area (Å²) in [5.74, 6) is 1.89. The molecule has 0 aliphatic heterocycles. The monoisotopic (exact) mass is 445 g/mol. The van der Waals surface area contributed by atoms with Crippen molar-refractivity contribution in [3.8, 4) is 0 Å². The van der Waals surface area contributed by atoms with Crippen molar-refractivity contribution in [1.29, 1.82) is 0 Å². The van der Waals surface area contributed by atoms with E-state index in [1.807, 2.05) is 19.1 Å². The molecule has 0 radical (unpaired) electrons. The number of halogens is 1. The molecule has 0 amide bonds. The minimum atomic E-state index is 0. The largest absolute Gasteiger partial charge is 0.385 e. The van der Waals surface area contributed by atoms with Crippen molar-refractivity contribution in [3.63, 3.8) is 0 Å². The van der Waals surface area contributed by atoms with E-state index >= 15 is 0 Å². The first-order chi connectivity index (χ1) is 11.3. The third-order valence-corrected chi connectivity index (χ3v) is 3.59. The number of ether oxygens (including phenoxy) is 1. The van der Waals surface area contributed by atoms with Crippen molar-refractivity contribution in [2.45, 2.75) is 26.8 Å². The summed E-state index contributed by atoms with van der Waals surface area (Å²) in [5, 5.41) is 6.64. The highest BCUT2D eigenvalue weighted by Gasteiger charge is 2.06. The molecule has 0 fully saturated rings. The van der Waals surface area contributed by atoms with E-state index in [-0.39, 0.29) is 24.0 Å². The summed E-state index contributed by atoms with van der Waals surface area (Å²) in [7, 11) is 1.71. The Balaban J connectivity index is 0.00000288. The van der Waals surface area contributed by atoms with E-state index in [4.69, 9.17) is 4.74 Å². The molecule has 1 aromatic heterocycles. The number of methoxy groups -OCH3 is 1. The Morgan fingerprint density at radius 2 is 2.08 bits per heavy atom. The lowest BCUT2D eigenvalue weighted by atomic mass is 10.3. The van der Waals surface area contributed by atoms with Gasteiger partial charge >= 0.3 is 0 Å². The number of benzene rings is 1. The van der Waals surface area contributed by atoms with E-state index in [1.165, 1.54) is 5.52 Å². The lowest BCUT2D eigenvalue weighted by molar-refractivity contribution is 0.197. The molecule has 0 spiro atoms. The van der Waals surface area contributed by atoms with Crippen LogP contribution in [0, 0.1) is 6.92 Å². The van der Waals surface area contributed by atoms with Gasteiger partial charge in [0.1, 0.15) is 5.82 Å². The quantitative estimate of drug-likeness (QED) is 0.284. The SMILES string of the molecule is CCNC(=NCCCOC)NCCn1c(C)nc2ccccc21.I. The molecule has 1 aromatic carbocycles. The Morgan fingerprint density at radius 3 is 2.83 bits per heavy atom. The zero-order valence-electron chi connectivity index (χ0n) is 14.7. The van der Waals surface area contributed by atoms with Gasteiger partial charge in [-0.1, -0.05) is 12.1 Å². The number of nitrogens with one attached hydrogen (secondary N) is 2. The van der Waals surface area contributed by atoms with Gasteiger partial charge in [0.25, 0.3) is 0 Å². The summed E-state index contributed by atoms with van der Waals surface area (Å²) >= 11 is 0. The van der Waals surface area contributed by atoms with Crippen molar-refractivity contribution < 1.29 is 4.74 Å². The van der Waals surface area contributed by atoms with Gasteiger partial charge in [0.05, 0.1) is 11.0 Å². The highest BCUT2D eigenvalue weighted by atomic mass is 127. The molecule has 2 aromatic rings. The van der Waals surface area contributed by atoms with Gasteiger partial charge in [0.2, 0.25) is 0 Å². The minimum absolute atomic E-state index is 0. The summed E-state index contributed by atoms with van der Waals surface area (Å²) in [6.45, 7) is 8.12. The summed E-state index contributed by atoms with van der Waals surface area (Å²) in [6, 6.07) is 8.23. The molecule has 7 heteroatoms. The zero-order valence-corrected chi connectivity index (χ0v) is 17.0. The molecule has 6 nitrogen and oxygen atoms in total. The van der Waals surface area contributed by atoms with Crippen LogP contribution in [0.3, 0.4) is 0 Å². The first-order valence-corrected chi connectivity index (χ1v) is 8.19. The number of fused-ring (bicyclic) bond motifs is 1. The molecular formula is C17H28IN5O. The fourth-order valence-corrected chi connectivity index (χ4v) is 2.51. The molecule has 134 valence electrons. The standard InChI is InChI=1S/C17H27N5O.HI/c1-4-18-17(19-10-7-13-23-3)20-11-12-22-14(2)21-15-8-5-6-9-16(15)22;/h5-6,8-9H,4,7,10-13H2,1-3H3,(H2,18,19,20);1H. The minimum Gasteiger partial charge on any atom is -0.385 e. The van der Waals surface area contributed by atoms with Crippen LogP contribution in [0.4, 0.5) is 0 Å². The number of nitrogens with zero attached hydrogens (tertiary/aromatic N) is 3. The first kappa shape index (κ1) is 20.7. The van der Waals surface area contributed by atoms with Gasteiger partial charge in [-0.15, -0.1) is 24.0 Å². The van der Waals surface area contributed by atoms with Crippen LogP contribution in [-0.4, -0.2) is 48.9 Å². The molecule has 2 rings (SSSR count). The van der Waals surface area contributed by atoms with E-state index in [2.05, 4.69) is 44.2 Å². The van der Waals surface area contributed by atoms with Crippen molar-refractivity contribution in [2.75, 3.05) is 33.4 Å². The Bertz CT molecular complexity index is 641. The van der Waals surface area contributed by atoms with Crippen LogP contribution in [-0.2, 0) is 11.3 Å². The lowest BCUT2D eigenvalue weighted by Gasteiger charge is -2.12. The molecule has 24 heavy (non-hydrogen) atoms. The van der Waals surface area contributed by atoms with Gasteiger partial charge in [-0.2, -0.15) is 0 Å².